The Balaban J connectivity index is 2.44. The molecular weight excluding hydrogens is 260 g/mol. The summed E-state index contributed by atoms with van der Waals surface area (Å²) in [4.78, 5) is 22.8. The number of carbonyl (C=O) groups excluding carboxylic acids is 2. The van der Waals surface area contributed by atoms with Gasteiger partial charge in [-0.05, 0) is 19.1 Å². The lowest BCUT2D eigenvalue weighted by molar-refractivity contribution is 0.0527. The smallest absolute Gasteiger partial charge is 0.340 e. The first-order valence-electron chi connectivity index (χ1n) is 5.95. The molecule has 0 spiro atoms. The summed E-state index contributed by atoms with van der Waals surface area (Å²) in [6, 6.07) is 4.90. The van der Waals surface area contributed by atoms with Crippen molar-refractivity contribution >= 4 is 17.6 Å². The van der Waals surface area contributed by atoms with Crippen LogP contribution in [0.25, 0.3) is 5.69 Å². The Morgan fingerprint density at radius 2 is 2.15 bits per heavy atom. The number of amides is 1. The normalized spacial score (nSPS) is 10.2. The Hall–Kier alpha value is -2.83. The molecule has 1 heterocycles. The minimum Gasteiger partial charge on any atom is -0.462 e. The topological polar surface area (TPSA) is 113 Å². The second-order valence-electron chi connectivity index (χ2n) is 4.00. The number of nitrogen functional groups attached to an aromatic ring is 1. The number of carbonyl (C=O) groups is 2. The summed E-state index contributed by atoms with van der Waals surface area (Å²) in [5.41, 5.74) is 12.3. The number of rotatable bonds is 4. The van der Waals surface area contributed by atoms with Gasteiger partial charge in [0.25, 0.3) is 5.91 Å². The van der Waals surface area contributed by atoms with Crippen molar-refractivity contribution in [3.05, 3.63) is 41.7 Å². The van der Waals surface area contributed by atoms with Gasteiger partial charge >= 0.3 is 5.97 Å². The highest BCUT2D eigenvalue weighted by Gasteiger charge is 2.15. The van der Waals surface area contributed by atoms with E-state index in [9.17, 15) is 9.59 Å². The van der Waals surface area contributed by atoms with Crippen molar-refractivity contribution in [1.29, 1.82) is 0 Å². The molecule has 7 nitrogen and oxygen atoms in total. The van der Waals surface area contributed by atoms with Crippen LogP contribution < -0.4 is 11.5 Å². The van der Waals surface area contributed by atoms with E-state index in [1.165, 1.54) is 17.1 Å². The van der Waals surface area contributed by atoms with Gasteiger partial charge in [0.15, 0.2) is 0 Å². The van der Waals surface area contributed by atoms with E-state index >= 15 is 0 Å². The van der Waals surface area contributed by atoms with Crippen molar-refractivity contribution in [1.82, 2.24) is 9.78 Å². The largest absolute Gasteiger partial charge is 0.462 e. The quantitative estimate of drug-likeness (QED) is 0.630. The van der Waals surface area contributed by atoms with E-state index in [0.29, 0.717) is 5.69 Å². The Kier molecular flexibility index (Phi) is 3.69. The molecule has 0 atom stereocenters. The number of para-hydroxylation sites is 1. The minimum absolute atomic E-state index is 0.227. The fourth-order valence-corrected chi connectivity index (χ4v) is 1.72. The van der Waals surface area contributed by atoms with Crippen LogP contribution in [0.2, 0.25) is 0 Å². The maximum atomic E-state index is 11.8. The Morgan fingerprint density at radius 3 is 2.75 bits per heavy atom. The lowest BCUT2D eigenvalue weighted by atomic mass is 10.1. The average Bonchev–Trinajstić information content (AvgIpc) is 2.88. The van der Waals surface area contributed by atoms with Gasteiger partial charge in [-0.1, -0.05) is 6.07 Å². The van der Waals surface area contributed by atoms with Crippen molar-refractivity contribution < 1.29 is 14.3 Å². The van der Waals surface area contributed by atoms with Gasteiger partial charge in [-0.25, -0.2) is 9.48 Å². The summed E-state index contributed by atoms with van der Waals surface area (Å²) in [5, 5.41) is 4.00. The van der Waals surface area contributed by atoms with E-state index in [-0.39, 0.29) is 23.4 Å². The Labute approximate surface area is 115 Å². The van der Waals surface area contributed by atoms with Crippen LogP contribution >= 0.6 is 0 Å². The molecule has 0 aliphatic heterocycles. The standard InChI is InChI=1S/C13H14N4O3/c1-2-20-13(19)9-4-3-5-10(11(9)14)17-7-8(6-16-17)12(15)18/h3-7H,2,14H2,1H3,(H2,15,18). The third-order valence-electron chi connectivity index (χ3n) is 2.69. The number of nitrogens with two attached hydrogens (primary N) is 2. The highest BCUT2D eigenvalue weighted by Crippen LogP contribution is 2.22. The first-order chi connectivity index (χ1) is 9.54. The monoisotopic (exact) mass is 274 g/mol. The van der Waals surface area contributed by atoms with Crippen LogP contribution in [0.15, 0.2) is 30.6 Å². The zero-order valence-corrected chi connectivity index (χ0v) is 10.9. The van der Waals surface area contributed by atoms with Crippen LogP contribution in [-0.4, -0.2) is 28.3 Å². The number of aromatic nitrogens is 2. The third kappa shape index (κ3) is 2.46. The molecule has 0 aliphatic carbocycles. The molecule has 20 heavy (non-hydrogen) atoms. The summed E-state index contributed by atoms with van der Waals surface area (Å²) < 4.78 is 6.31. The van der Waals surface area contributed by atoms with Crippen molar-refractivity contribution in [2.75, 3.05) is 12.3 Å². The molecule has 0 radical (unpaired) electrons. The van der Waals surface area contributed by atoms with Gasteiger partial charge in [0.2, 0.25) is 0 Å². The molecule has 1 amide bonds. The molecule has 0 fully saturated rings. The third-order valence-corrected chi connectivity index (χ3v) is 2.69. The zero-order chi connectivity index (χ0) is 14.7. The predicted molar refractivity (Wildman–Crippen MR) is 72.5 cm³/mol. The number of anilines is 1. The van der Waals surface area contributed by atoms with Crippen LogP contribution in [-0.2, 0) is 4.74 Å². The van der Waals surface area contributed by atoms with E-state index in [2.05, 4.69) is 5.10 Å². The number of esters is 1. The summed E-state index contributed by atoms with van der Waals surface area (Å²) >= 11 is 0. The maximum Gasteiger partial charge on any atom is 0.340 e. The Bertz CT molecular complexity index is 663. The molecule has 0 saturated heterocycles. The van der Waals surface area contributed by atoms with Crippen LogP contribution in [0.4, 0.5) is 5.69 Å². The van der Waals surface area contributed by atoms with E-state index in [4.69, 9.17) is 16.2 Å². The van der Waals surface area contributed by atoms with Gasteiger partial charge in [-0.15, -0.1) is 0 Å². The van der Waals surface area contributed by atoms with Crippen LogP contribution in [0.5, 0.6) is 0 Å². The van der Waals surface area contributed by atoms with Gasteiger partial charge in [-0.3, -0.25) is 4.79 Å². The van der Waals surface area contributed by atoms with Crippen LogP contribution in [0, 0.1) is 0 Å². The second kappa shape index (κ2) is 5.43. The maximum absolute atomic E-state index is 11.8. The van der Waals surface area contributed by atoms with E-state index in [0.717, 1.165) is 0 Å². The van der Waals surface area contributed by atoms with E-state index < -0.39 is 11.9 Å². The van der Waals surface area contributed by atoms with Gasteiger partial charge in [0.1, 0.15) is 0 Å². The highest BCUT2D eigenvalue weighted by molar-refractivity contribution is 5.97. The molecule has 0 aliphatic rings. The molecule has 0 unspecified atom stereocenters. The number of benzene rings is 1. The first kappa shape index (κ1) is 13.6. The van der Waals surface area contributed by atoms with Crippen molar-refractivity contribution in [3.8, 4) is 5.69 Å². The molecule has 0 saturated carbocycles. The SMILES string of the molecule is CCOC(=O)c1cccc(-n2cc(C(N)=O)cn2)c1N. The van der Waals surface area contributed by atoms with Crippen LogP contribution in [0.1, 0.15) is 27.6 Å². The molecule has 4 N–H and O–H groups in total. The zero-order valence-electron chi connectivity index (χ0n) is 10.9. The van der Waals surface area contributed by atoms with E-state index in [1.54, 1.807) is 25.1 Å². The lowest BCUT2D eigenvalue weighted by Crippen LogP contribution is -2.11. The minimum atomic E-state index is -0.587. The van der Waals surface area contributed by atoms with Crippen molar-refractivity contribution in [3.63, 3.8) is 0 Å². The van der Waals surface area contributed by atoms with Crippen molar-refractivity contribution in [2.24, 2.45) is 5.73 Å². The average molecular weight is 274 g/mol. The summed E-state index contributed by atoms with van der Waals surface area (Å²) in [6.45, 7) is 1.97. The molecule has 0 bridgehead atoms. The second-order valence-corrected chi connectivity index (χ2v) is 4.00. The first-order valence-corrected chi connectivity index (χ1v) is 5.95. The summed E-state index contributed by atoms with van der Waals surface area (Å²) in [5.74, 6) is -1.09. The predicted octanol–water partition coefficient (Wildman–Crippen LogP) is 0.730. The van der Waals surface area contributed by atoms with Crippen LogP contribution in [0.3, 0.4) is 0 Å². The van der Waals surface area contributed by atoms with Gasteiger partial charge in [0, 0.05) is 6.20 Å². The number of ether oxygens (including phenoxy) is 1. The number of hydrogen-bond acceptors (Lipinski definition) is 5. The number of hydrogen-bond donors (Lipinski definition) is 2. The fourth-order valence-electron chi connectivity index (χ4n) is 1.72. The fraction of sp³-hybridized carbons (Fsp3) is 0.154. The molecule has 2 aromatic rings. The van der Waals surface area contributed by atoms with Gasteiger partial charge in [0.05, 0.1) is 35.3 Å². The Morgan fingerprint density at radius 1 is 1.40 bits per heavy atom. The molecule has 2 rings (SSSR count). The molecule has 7 heteroatoms. The van der Waals surface area contributed by atoms with Crippen molar-refractivity contribution in [2.45, 2.75) is 6.92 Å². The molecule has 1 aromatic carbocycles. The summed E-state index contributed by atoms with van der Waals surface area (Å²) in [7, 11) is 0. The van der Waals surface area contributed by atoms with Gasteiger partial charge in [-0.2, -0.15) is 5.10 Å². The van der Waals surface area contributed by atoms with E-state index in [1.807, 2.05) is 0 Å². The number of primary amides is 1. The lowest BCUT2D eigenvalue weighted by Gasteiger charge is -2.10. The molecule has 1 aromatic heterocycles. The van der Waals surface area contributed by atoms with Gasteiger partial charge < -0.3 is 16.2 Å². The summed E-state index contributed by atoms with van der Waals surface area (Å²) in [6.07, 6.45) is 2.78. The number of nitrogens with zero attached hydrogens (tertiary/aromatic N) is 2. The molecular formula is C13H14N4O3. The molecule has 104 valence electrons. The highest BCUT2D eigenvalue weighted by atomic mass is 16.5.